The summed E-state index contributed by atoms with van der Waals surface area (Å²) in [6.07, 6.45) is 5.65. The van der Waals surface area contributed by atoms with E-state index in [9.17, 15) is 0 Å². The third kappa shape index (κ3) is 2.19. The van der Waals surface area contributed by atoms with Crippen LogP contribution in [0.15, 0.2) is 0 Å². The van der Waals surface area contributed by atoms with Gasteiger partial charge >= 0.3 is 0 Å². The second kappa shape index (κ2) is 4.74. The van der Waals surface area contributed by atoms with Gasteiger partial charge in [-0.15, -0.1) is 0 Å². The van der Waals surface area contributed by atoms with Crippen LogP contribution in [0.1, 0.15) is 25.7 Å². The summed E-state index contributed by atoms with van der Waals surface area (Å²) in [5, 5.41) is 0.249. The number of hydrogen-bond acceptors (Lipinski definition) is 4. The van der Waals surface area contributed by atoms with Crippen molar-refractivity contribution in [1.29, 1.82) is 0 Å². The number of methoxy groups -OCH3 is 3. The highest BCUT2D eigenvalue weighted by molar-refractivity contribution is 6.41. The van der Waals surface area contributed by atoms with Crippen molar-refractivity contribution in [2.24, 2.45) is 0 Å². The molecule has 1 aliphatic heterocycles. The van der Waals surface area contributed by atoms with Crippen LogP contribution < -0.4 is 0 Å². The van der Waals surface area contributed by atoms with Gasteiger partial charge in [0.1, 0.15) is 0 Å². The Kier molecular flexibility index (Phi) is 3.71. The van der Waals surface area contributed by atoms with E-state index in [2.05, 4.69) is 0 Å². The molecule has 1 saturated carbocycles. The van der Waals surface area contributed by atoms with E-state index < -0.39 is 15.5 Å². The van der Waals surface area contributed by atoms with Crippen LogP contribution in [-0.4, -0.2) is 48.2 Å². The van der Waals surface area contributed by atoms with Crippen LogP contribution in [-0.2, 0) is 18.9 Å². The van der Waals surface area contributed by atoms with Crippen molar-refractivity contribution in [2.45, 2.75) is 49.0 Å². The lowest BCUT2D eigenvalue weighted by atomic mass is 10.0. The third-order valence-electron chi connectivity index (χ3n) is 4.01. The third-order valence-corrected chi connectivity index (χ3v) is 6.69. The lowest BCUT2D eigenvalue weighted by Gasteiger charge is -2.30. The summed E-state index contributed by atoms with van der Waals surface area (Å²) in [5.74, 6) is -0.838. The summed E-state index contributed by atoms with van der Waals surface area (Å²) in [7, 11) is 4.50. The summed E-state index contributed by atoms with van der Waals surface area (Å²) in [5.41, 5.74) is 0. The molecule has 2 unspecified atom stereocenters. The van der Waals surface area contributed by atoms with Crippen molar-refractivity contribution in [1.82, 2.24) is 0 Å². The molecule has 0 spiro atoms. The zero-order valence-electron chi connectivity index (χ0n) is 10.5. The standard InChI is InChI=1S/C11H22O4Si/c1-12-11(13-2,14-3)8-16-10-7-5-4-6-9(10)15-10/h9H,4-8,16H2,1-3H3. The first-order chi connectivity index (χ1) is 7.70. The van der Waals surface area contributed by atoms with Gasteiger partial charge in [0.15, 0.2) is 0 Å². The molecule has 0 radical (unpaired) electrons. The highest BCUT2D eigenvalue weighted by atomic mass is 28.2. The quantitative estimate of drug-likeness (QED) is 0.395. The largest absolute Gasteiger partial charge is 0.371 e. The number of hydrogen-bond donors (Lipinski definition) is 0. The van der Waals surface area contributed by atoms with Crippen molar-refractivity contribution in [3.05, 3.63) is 0 Å². The molecular weight excluding hydrogens is 224 g/mol. The van der Waals surface area contributed by atoms with Gasteiger partial charge in [-0.3, -0.25) is 0 Å². The lowest BCUT2D eigenvalue weighted by Crippen LogP contribution is -2.40. The summed E-state index contributed by atoms with van der Waals surface area (Å²) in [4.78, 5) is 0. The first kappa shape index (κ1) is 12.5. The van der Waals surface area contributed by atoms with Crippen LogP contribution in [0.5, 0.6) is 0 Å². The first-order valence-electron chi connectivity index (χ1n) is 6.03. The minimum Gasteiger partial charge on any atom is -0.371 e. The van der Waals surface area contributed by atoms with Gasteiger partial charge in [0.2, 0.25) is 0 Å². The number of rotatable bonds is 6. The molecule has 2 rings (SSSR count). The monoisotopic (exact) mass is 246 g/mol. The molecule has 0 aromatic rings. The molecule has 1 saturated heterocycles. The maximum absolute atomic E-state index is 5.89. The highest BCUT2D eigenvalue weighted by Gasteiger charge is 2.57. The average molecular weight is 246 g/mol. The van der Waals surface area contributed by atoms with Gasteiger partial charge in [0.05, 0.1) is 20.8 Å². The van der Waals surface area contributed by atoms with E-state index in [4.69, 9.17) is 18.9 Å². The van der Waals surface area contributed by atoms with E-state index in [1.54, 1.807) is 21.3 Å². The molecule has 0 amide bonds. The fourth-order valence-electron chi connectivity index (χ4n) is 2.81. The smallest absolute Gasteiger partial charge is 0.279 e. The molecule has 16 heavy (non-hydrogen) atoms. The molecule has 94 valence electrons. The van der Waals surface area contributed by atoms with Gasteiger partial charge in [-0.1, -0.05) is 12.8 Å². The summed E-state index contributed by atoms with van der Waals surface area (Å²) in [6, 6.07) is 0.854. The number of ether oxygens (including phenoxy) is 4. The Bertz CT molecular complexity index is 236. The van der Waals surface area contributed by atoms with Crippen LogP contribution >= 0.6 is 0 Å². The van der Waals surface area contributed by atoms with E-state index in [1.165, 1.54) is 25.7 Å². The molecule has 2 aliphatic rings. The Morgan fingerprint density at radius 2 is 1.94 bits per heavy atom. The fraction of sp³-hybridized carbons (Fsp3) is 1.00. The first-order valence-corrected chi connectivity index (χ1v) is 7.74. The summed E-state index contributed by atoms with van der Waals surface area (Å²) in [6.45, 7) is 0. The van der Waals surface area contributed by atoms with Crippen molar-refractivity contribution in [3.63, 3.8) is 0 Å². The van der Waals surface area contributed by atoms with Crippen LogP contribution in [0.2, 0.25) is 6.04 Å². The number of fused-ring (bicyclic) bond motifs is 1. The summed E-state index contributed by atoms with van der Waals surface area (Å²) >= 11 is 0. The maximum Gasteiger partial charge on any atom is 0.279 e. The van der Waals surface area contributed by atoms with Gasteiger partial charge in [-0.2, -0.15) is 0 Å². The Labute approximate surface area is 99.4 Å². The Morgan fingerprint density at radius 1 is 1.25 bits per heavy atom. The zero-order valence-corrected chi connectivity index (χ0v) is 11.9. The van der Waals surface area contributed by atoms with Crippen molar-refractivity contribution >= 4 is 9.52 Å². The molecular formula is C11H22O4Si. The van der Waals surface area contributed by atoms with E-state index in [-0.39, 0.29) is 5.22 Å². The van der Waals surface area contributed by atoms with Gasteiger partial charge in [0, 0.05) is 27.4 Å². The topological polar surface area (TPSA) is 40.2 Å². The Balaban J connectivity index is 1.86. The molecule has 4 nitrogen and oxygen atoms in total. The fourth-order valence-corrected chi connectivity index (χ4v) is 5.50. The lowest BCUT2D eigenvalue weighted by molar-refractivity contribution is -0.339. The van der Waals surface area contributed by atoms with Gasteiger partial charge in [-0.25, -0.2) is 0 Å². The SMILES string of the molecule is COC(C[SiH2]C12CCCCC1O2)(OC)OC. The maximum atomic E-state index is 5.89. The van der Waals surface area contributed by atoms with E-state index in [0.717, 1.165) is 6.04 Å². The molecule has 1 aliphatic carbocycles. The normalized spacial score (nSPS) is 34.3. The molecule has 0 aromatic heterocycles. The van der Waals surface area contributed by atoms with Crippen molar-refractivity contribution in [2.75, 3.05) is 21.3 Å². The van der Waals surface area contributed by atoms with Crippen molar-refractivity contribution < 1.29 is 18.9 Å². The minimum atomic E-state index is -0.838. The molecule has 2 fully saturated rings. The molecule has 0 bridgehead atoms. The number of epoxide rings is 1. The summed E-state index contributed by atoms with van der Waals surface area (Å²) < 4.78 is 21.9. The van der Waals surface area contributed by atoms with Crippen molar-refractivity contribution in [3.8, 4) is 0 Å². The predicted octanol–water partition coefficient (Wildman–Crippen LogP) is 0.836. The molecule has 1 heterocycles. The second-order valence-electron chi connectivity index (χ2n) is 4.71. The van der Waals surface area contributed by atoms with E-state index in [1.807, 2.05) is 0 Å². The van der Waals surface area contributed by atoms with Crippen LogP contribution in [0.25, 0.3) is 0 Å². The average Bonchev–Trinajstić information content (AvgIpc) is 3.06. The van der Waals surface area contributed by atoms with Gasteiger partial charge in [-0.05, 0) is 12.8 Å². The molecule has 0 aromatic carbocycles. The Hall–Kier alpha value is 0.0569. The van der Waals surface area contributed by atoms with Crippen LogP contribution in [0.4, 0.5) is 0 Å². The predicted molar refractivity (Wildman–Crippen MR) is 63.2 cm³/mol. The highest BCUT2D eigenvalue weighted by Crippen LogP contribution is 2.48. The van der Waals surface area contributed by atoms with Crippen LogP contribution in [0.3, 0.4) is 0 Å². The second-order valence-corrected chi connectivity index (χ2v) is 6.91. The van der Waals surface area contributed by atoms with E-state index >= 15 is 0 Å². The molecule has 5 heteroatoms. The Morgan fingerprint density at radius 3 is 2.50 bits per heavy atom. The zero-order chi connectivity index (χ0) is 11.6. The van der Waals surface area contributed by atoms with Gasteiger partial charge < -0.3 is 18.9 Å². The van der Waals surface area contributed by atoms with Crippen LogP contribution in [0, 0.1) is 0 Å². The minimum absolute atomic E-state index is 0.249. The molecule has 2 atom stereocenters. The molecule has 0 N–H and O–H groups in total. The van der Waals surface area contributed by atoms with E-state index in [0.29, 0.717) is 6.10 Å². The van der Waals surface area contributed by atoms with Gasteiger partial charge in [0.25, 0.3) is 5.97 Å².